The van der Waals surface area contributed by atoms with E-state index < -0.39 is 6.61 Å². The molecule has 0 saturated carbocycles. The smallest absolute Gasteiger partial charge is 0.387 e. The van der Waals surface area contributed by atoms with Crippen LogP contribution in [0.4, 0.5) is 14.5 Å². The summed E-state index contributed by atoms with van der Waals surface area (Å²) in [7, 11) is 3.32. The Labute approximate surface area is 121 Å². The number of nitrogens with zero attached hydrogens (tertiary/aromatic N) is 1. The molecule has 0 radical (unpaired) electrons. The van der Waals surface area contributed by atoms with Crippen molar-refractivity contribution in [3.05, 3.63) is 18.2 Å². The van der Waals surface area contributed by atoms with Crippen LogP contribution in [0.5, 0.6) is 11.5 Å². The lowest BCUT2D eigenvalue weighted by atomic mass is 10.1. The van der Waals surface area contributed by atoms with Gasteiger partial charge in [-0.15, -0.1) is 0 Å². The van der Waals surface area contributed by atoms with Gasteiger partial charge in [0, 0.05) is 18.3 Å². The van der Waals surface area contributed by atoms with Crippen LogP contribution >= 0.6 is 0 Å². The maximum atomic E-state index is 12.3. The minimum absolute atomic E-state index is 0.0865. The largest absolute Gasteiger partial charge is 0.493 e. The highest BCUT2D eigenvalue weighted by Gasteiger charge is 2.26. The Bertz CT molecular complexity index is 511. The average molecular weight is 300 g/mol. The van der Waals surface area contributed by atoms with Crippen LogP contribution < -0.4 is 14.8 Å². The summed E-state index contributed by atoms with van der Waals surface area (Å²) in [5, 5.41) is 2.72. The van der Waals surface area contributed by atoms with Gasteiger partial charge in [-0.1, -0.05) is 0 Å². The molecule has 1 atom stereocenters. The van der Waals surface area contributed by atoms with Crippen LogP contribution in [0.15, 0.2) is 18.2 Å². The zero-order valence-corrected chi connectivity index (χ0v) is 11.9. The number of hydrogen-bond donors (Lipinski definition) is 1. The zero-order valence-electron chi connectivity index (χ0n) is 11.9. The van der Waals surface area contributed by atoms with E-state index in [9.17, 15) is 13.6 Å². The van der Waals surface area contributed by atoms with E-state index in [4.69, 9.17) is 4.74 Å². The third-order valence-electron chi connectivity index (χ3n) is 3.41. The second-order valence-corrected chi connectivity index (χ2v) is 4.98. The molecule has 0 aliphatic carbocycles. The number of rotatable bonds is 5. The quantitative estimate of drug-likeness (QED) is 0.905. The molecule has 0 unspecified atom stereocenters. The van der Waals surface area contributed by atoms with E-state index in [2.05, 4.69) is 15.0 Å². The van der Waals surface area contributed by atoms with Crippen molar-refractivity contribution >= 4 is 11.6 Å². The fourth-order valence-electron chi connectivity index (χ4n) is 2.34. The topological polar surface area (TPSA) is 50.8 Å². The van der Waals surface area contributed by atoms with Gasteiger partial charge < -0.3 is 19.7 Å². The van der Waals surface area contributed by atoms with Gasteiger partial charge in [-0.05, 0) is 32.1 Å². The number of nitrogens with one attached hydrogen (secondary N) is 1. The third kappa shape index (κ3) is 4.04. The van der Waals surface area contributed by atoms with Gasteiger partial charge in [0.15, 0.2) is 11.5 Å². The normalized spacial score (nSPS) is 18.8. The molecule has 1 N–H and O–H groups in total. The standard InChI is InChI=1S/C14H18F2N2O3/c1-18-6-5-9(8-18)13(19)17-10-3-4-11(20-2)12(7-10)21-14(15)16/h3-4,7,9,14H,5-6,8H2,1-2H3,(H,17,19)/t9-/m1/s1. The first-order valence-corrected chi connectivity index (χ1v) is 6.62. The first-order chi connectivity index (χ1) is 9.99. The van der Waals surface area contributed by atoms with Crippen molar-refractivity contribution in [2.24, 2.45) is 5.92 Å². The first-order valence-electron chi connectivity index (χ1n) is 6.62. The molecule has 1 aromatic carbocycles. The number of methoxy groups -OCH3 is 1. The number of halogens is 2. The molecule has 0 aromatic heterocycles. The van der Waals surface area contributed by atoms with Gasteiger partial charge >= 0.3 is 6.61 Å². The number of ether oxygens (including phenoxy) is 2. The second kappa shape index (κ2) is 6.71. The molecule has 0 spiro atoms. The Morgan fingerprint density at radius 1 is 1.43 bits per heavy atom. The SMILES string of the molecule is COc1ccc(NC(=O)[C@@H]2CCN(C)C2)cc1OC(F)F. The summed E-state index contributed by atoms with van der Waals surface area (Å²) in [6.07, 6.45) is 0.791. The zero-order chi connectivity index (χ0) is 15.4. The molecule has 5 nitrogen and oxygen atoms in total. The van der Waals surface area contributed by atoms with Crippen molar-refractivity contribution in [3.63, 3.8) is 0 Å². The van der Waals surface area contributed by atoms with Gasteiger partial charge in [0.1, 0.15) is 0 Å². The highest BCUT2D eigenvalue weighted by atomic mass is 19.3. The van der Waals surface area contributed by atoms with Crippen LogP contribution in [0.2, 0.25) is 0 Å². The van der Waals surface area contributed by atoms with Crippen LogP contribution in [0.25, 0.3) is 0 Å². The molecule has 1 saturated heterocycles. The molecular formula is C14H18F2N2O3. The van der Waals surface area contributed by atoms with Crippen LogP contribution in [0, 0.1) is 5.92 Å². The summed E-state index contributed by atoms with van der Waals surface area (Å²) in [6.45, 7) is -1.38. The minimum Gasteiger partial charge on any atom is -0.493 e. The van der Waals surface area contributed by atoms with Crippen molar-refractivity contribution in [1.29, 1.82) is 0 Å². The molecule has 116 valence electrons. The molecule has 1 heterocycles. The number of likely N-dealkylation sites (tertiary alicyclic amines) is 1. The highest BCUT2D eigenvalue weighted by Crippen LogP contribution is 2.31. The van der Waals surface area contributed by atoms with Crippen molar-refractivity contribution < 1.29 is 23.0 Å². The lowest BCUT2D eigenvalue weighted by Gasteiger charge is -2.14. The van der Waals surface area contributed by atoms with E-state index in [1.54, 1.807) is 6.07 Å². The molecule has 0 bridgehead atoms. The molecule has 1 aliphatic heterocycles. The maximum absolute atomic E-state index is 12.3. The van der Waals surface area contributed by atoms with Crippen LogP contribution in [-0.4, -0.2) is 44.7 Å². The summed E-state index contributed by atoms with van der Waals surface area (Å²) >= 11 is 0. The van der Waals surface area contributed by atoms with Crippen molar-refractivity contribution in [3.8, 4) is 11.5 Å². The molecule has 1 aliphatic rings. The van der Waals surface area contributed by atoms with E-state index in [0.717, 1.165) is 13.0 Å². The van der Waals surface area contributed by atoms with Gasteiger partial charge in [-0.25, -0.2) is 0 Å². The van der Waals surface area contributed by atoms with Crippen molar-refractivity contribution in [2.75, 3.05) is 32.6 Å². The van der Waals surface area contributed by atoms with Gasteiger partial charge in [0.05, 0.1) is 13.0 Å². The van der Waals surface area contributed by atoms with E-state index in [1.165, 1.54) is 19.2 Å². The highest BCUT2D eigenvalue weighted by molar-refractivity contribution is 5.93. The predicted molar refractivity (Wildman–Crippen MR) is 73.9 cm³/mol. The Balaban J connectivity index is 2.07. The van der Waals surface area contributed by atoms with Gasteiger partial charge in [0.2, 0.25) is 5.91 Å². The monoisotopic (exact) mass is 300 g/mol. The summed E-state index contributed by atoms with van der Waals surface area (Å²) in [4.78, 5) is 14.2. The fraction of sp³-hybridized carbons (Fsp3) is 0.500. The van der Waals surface area contributed by atoms with Crippen molar-refractivity contribution in [1.82, 2.24) is 4.90 Å². The lowest BCUT2D eigenvalue weighted by molar-refractivity contribution is -0.119. The number of anilines is 1. The van der Waals surface area contributed by atoms with E-state index >= 15 is 0 Å². The van der Waals surface area contributed by atoms with Gasteiger partial charge in [0.25, 0.3) is 0 Å². The number of hydrogen-bond acceptors (Lipinski definition) is 4. The number of carbonyl (C=O) groups excluding carboxylic acids is 1. The Kier molecular flexibility index (Phi) is 4.95. The Hall–Kier alpha value is -1.89. The summed E-state index contributed by atoms with van der Waals surface area (Å²) < 4.78 is 34.0. The molecular weight excluding hydrogens is 282 g/mol. The molecule has 1 fully saturated rings. The molecule has 2 rings (SSSR count). The Morgan fingerprint density at radius 3 is 2.76 bits per heavy atom. The number of alkyl halides is 2. The molecule has 1 aromatic rings. The van der Waals surface area contributed by atoms with Crippen molar-refractivity contribution in [2.45, 2.75) is 13.0 Å². The number of carbonyl (C=O) groups is 1. The maximum Gasteiger partial charge on any atom is 0.387 e. The van der Waals surface area contributed by atoms with Crippen LogP contribution in [0.3, 0.4) is 0 Å². The fourth-order valence-corrected chi connectivity index (χ4v) is 2.34. The third-order valence-corrected chi connectivity index (χ3v) is 3.41. The van der Waals surface area contributed by atoms with E-state index in [1.807, 2.05) is 7.05 Å². The number of benzene rings is 1. The lowest BCUT2D eigenvalue weighted by Crippen LogP contribution is -2.25. The summed E-state index contributed by atoms with van der Waals surface area (Å²) in [5.41, 5.74) is 0.408. The Morgan fingerprint density at radius 2 is 2.19 bits per heavy atom. The first kappa shape index (κ1) is 15.5. The number of amides is 1. The molecule has 7 heteroatoms. The van der Waals surface area contributed by atoms with E-state index in [-0.39, 0.29) is 23.3 Å². The van der Waals surface area contributed by atoms with Crippen LogP contribution in [0.1, 0.15) is 6.42 Å². The second-order valence-electron chi connectivity index (χ2n) is 4.98. The summed E-state index contributed by atoms with van der Waals surface area (Å²) in [6, 6.07) is 4.41. The molecule has 21 heavy (non-hydrogen) atoms. The minimum atomic E-state index is -2.95. The van der Waals surface area contributed by atoms with E-state index in [0.29, 0.717) is 12.2 Å². The average Bonchev–Trinajstić information content (AvgIpc) is 2.85. The van der Waals surface area contributed by atoms with Crippen LogP contribution in [-0.2, 0) is 4.79 Å². The predicted octanol–water partition coefficient (Wildman–Crippen LogP) is 2.19. The summed E-state index contributed by atoms with van der Waals surface area (Å²) in [5.74, 6) is -0.119. The molecule has 1 amide bonds. The van der Waals surface area contributed by atoms with Gasteiger partial charge in [-0.2, -0.15) is 8.78 Å². The van der Waals surface area contributed by atoms with Gasteiger partial charge in [-0.3, -0.25) is 4.79 Å².